The molecule has 4 rings (SSSR count). The fourth-order valence-electron chi connectivity index (χ4n) is 4.26. The Hall–Kier alpha value is -2.20. The van der Waals surface area contributed by atoms with E-state index in [9.17, 15) is 14.0 Å². The average Bonchev–Trinajstić information content (AvgIpc) is 2.67. The lowest BCUT2D eigenvalue weighted by atomic mass is 9.57. The van der Waals surface area contributed by atoms with Gasteiger partial charge in [-0.1, -0.05) is 0 Å². The molecule has 1 amide bonds. The zero-order chi connectivity index (χ0) is 18.8. The highest BCUT2D eigenvalue weighted by Crippen LogP contribution is 2.52. The van der Waals surface area contributed by atoms with Crippen LogP contribution in [0, 0.1) is 16.7 Å². The summed E-state index contributed by atoms with van der Waals surface area (Å²) in [5.41, 5.74) is -0.500. The smallest absolute Gasteiger partial charge is 0.312 e. The number of carbonyl (C=O) groups excluding carboxylic acids is 2. The van der Waals surface area contributed by atoms with Gasteiger partial charge in [-0.3, -0.25) is 14.5 Å². The molecular formula is C19H24FN3O3. The summed E-state index contributed by atoms with van der Waals surface area (Å²) in [6.45, 7) is 2.31. The van der Waals surface area contributed by atoms with Crippen molar-refractivity contribution in [3.63, 3.8) is 0 Å². The highest BCUT2D eigenvalue weighted by atomic mass is 19.1. The molecule has 0 aromatic carbocycles. The molecule has 0 radical (unpaired) electrons. The molecule has 4 aliphatic rings. The van der Waals surface area contributed by atoms with E-state index in [-0.39, 0.29) is 29.4 Å². The van der Waals surface area contributed by atoms with Crippen LogP contribution in [0.25, 0.3) is 0 Å². The van der Waals surface area contributed by atoms with Gasteiger partial charge in [0.15, 0.2) is 0 Å². The van der Waals surface area contributed by atoms with Gasteiger partial charge in [0.05, 0.1) is 24.6 Å². The molecule has 6 nitrogen and oxygen atoms in total. The summed E-state index contributed by atoms with van der Waals surface area (Å²) in [5.74, 6) is -0.866. The summed E-state index contributed by atoms with van der Waals surface area (Å²) in [7, 11) is 0. The van der Waals surface area contributed by atoms with Crippen LogP contribution in [0.3, 0.4) is 0 Å². The van der Waals surface area contributed by atoms with Crippen molar-refractivity contribution in [2.24, 2.45) is 5.41 Å². The number of nitriles is 1. The number of nitrogens with one attached hydrogen (secondary N) is 1. The number of allylic oxidation sites excluding steroid dienone is 2. The number of hydrogen-bond donors (Lipinski definition) is 1. The molecule has 0 aromatic heterocycles. The molecule has 140 valence electrons. The van der Waals surface area contributed by atoms with E-state index in [4.69, 9.17) is 10.00 Å². The van der Waals surface area contributed by atoms with Crippen molar-refractivity contribution in [1.82, 2.24) is 10.2 Å². The Morgan fingerprint density at radius 2 is 2.00 bits per heavy atom. The number of carbonyl (C=O) groups is 2. The van der Waals surface area contributed by atoms with Crippen molar-refractivity contribution in [3.05, 3.63) is 24.2 Å². The van der Waals surface area contributed by atoms with Crippen LogP contribution in [0.4, 0.5) is 4.39 Å². The van der Waals surface area contributed by atoms with Crippen molar-refractivity contribution in [2.75, 3.05) is 13.2 Å². The van der Waals surface area contributed by atoms with Gasteiger partial charge in [-0.05, 0) is 57.6 Å². The topological polar surface area (TPSA) is 82.4 Å². The number of fused-ring (bicyclic) bond motifs is 3. The number of halogens is 1. The summed E-state index contributed by atoms with van der Waals surface area (Å²) in [4.78, 5) is 26.0. The maximum Gasteiger partial charge on any atom is 0.312 e. The average molecular weight is 361 g/mol. The molecule has 3 aliphatic carbocycles. The Morgan fingerprint density at radius 1 is 1.35 bits per heavy atom. The summed E-state index contributed by atoms with van der Waals surface area (Å²) in [6, 6.07) is 1.01. The minimum absolute atomic E-state index is 0.0877. The first kappa shape index (κ1) is 18.6. The first-order valence-corrected chi connectivity index (χ1v) is 9.12. The van der Waals surface area contributed by atoms with E-state index >= 15 is 0 Å². The van der Waals surface area contributed by atoms with E-state index in [1.165, 1.54) is 17.2 Å². The number of esters is 1. The van der Waals surface area contributed by atoms with Crippen molar-refractivity contribution in [1.29, 1.82) is 5.26 Å². The third kappa shape index (κ3) is 3.38. The van der Waals surface area contributed by atoms with Crippen LogP contribution in [0.15, 0.2) is 24.2 Å². The van der Waals surface area contributed by atoms with Gasteiger partial charge >= 0.3 is 5.97 Å². The molecule has 7 heteroatoms. The fourth-order valence-corrected chi connectivity index (χ4v) is 4.26. The summed E-state index contributed by atoms with van der Waals surface area (Å²) in [6.07, 6.45) is 8.41. The predicted octanol–water partition coefficient (Wildman–Crippen LogP) is 2.33. The van der Waals surface area contributed by atoms with Crippen LogP contribution in [0.5, 0.6) is 0 Å². The first-order chi connectivity index (χ1) is 12.4. The molecule has 1 heterocycles. The van der Waals surface area contributed by atoms with E-state index < -0.39 is 11.9 Å². The lowest BCUT2D eigenvalue weighted by Crippen LogP contribution is -2.58. The number of amides is 1. The van der Waals surface area contributed by atoms with Crippen molar-refractivity contribution >= 4 is 11.9 Å². The third-order valence-corrected chi connectivity index (χ3v) is 6.00. The van der Waals surface area contributed by atoms with Crippen LogP contribution in [-0.4, -0.2) is 41.5 Å². The molecule has 0 unspecified atom stereocenters. The van der Waals surface area contributed by atoms with Crippen LogP contribution >= 0.6 is 0 Å². The maximum atomic E-state index is 13.2. The molecule has 3 saturated carbocycles. The van der Waals surface area contributed by atoms with Crippen LogP contribution in [-0.2, 0) is 14.3 Å². The van der Waals surface area contributed by atoms with Gasteiger partial charge in [-0.2, -0.15) is 5.26 Å². The molecule has 0 aromatic rings. The largest absolute Gasteiger partial charge is 0.466 e. The van der Waals surface area contributed by atoms with Gasteiger partial charge in [0, 0.05) is 11.7 Å². The minimum Gasteiger partial charge on any atom is -0.466 e. The summed E-state index contributed by atoms with van der Waals surface area (Å²) in [5, 5.41) is 12.5. The number of rotatable bonds is 5. The van der Waals surface area contributed by atoms with Gasteiger partial charge in [-0.25, -0.2) is 4.39 Å². The maximum absolute atomic E-state index is 13.2. The van der Waals surface area contributed by atoms with E-state index in [1.54, 1.807) is 0 Å². The second-order valence-electron chi connectivity index (χ2n) is 7.38. The van der Waals surface area contributed by atoms with Crippen molar-refractivity contribution in [3.8, 4) is 6.07 Å². The van der Waals surface area contributed by atoms with E-state index in [0.29, 0.717) is 6.61 Å². The van der Waals surface area contributed by atoms with E-state index in [1.807, 2.05) is 13.0 Å². The summed E-state index contributed by atoms with van der Waals surface area (Å²) >= 11 is 0. The zero-order valence-corrected chi connectivity index (χ0v) is 15.0. The fraction of sp³-hybridized carbons (Fsp3) is 0.632. The molecule has 0 spiro atoms. The highest BCUT2D eigenvalue weighted by Gasteiger charge is 2.53. The van der Waals surface area contributed by atoms with Crippen molar-refractivity contribution < 1.29 is 18.7 Å². The first-order valence-electron chi connectivity index (χ1n) is 9.12. The Labute approximate surface area is 152 Å². The molecule has 2 bridgehead atoms. The number of ether oxygens (including phenoxy) is 1. The highest BCUT2D eigenvalue weighted by molar-refractivity contribution is 5.81. The van der Waals surface area contributed by atoms with Crippen LogP contribution in [0.2, 0.25) is 0 Å². The Balaban J connectivity index is 1.57. The van der Waals surface area contributed by atoms with E-state index in [0.717, 1.165) is 44.6 Å². The number of nitrogens with zero attached hydrogens (tertiary/aromatic N) is 2. The molecule has 1 aliphatic heterocycles. The Morgan fingerprint density at radius 3 is 2.58 bits per heavy atom. The Kier molecular flexibility index (Phi) is 5.15. The van der Waals surface area contributed by atoms with E-state index in [2.05, 4.69) is 5.32 Å². The Bertz CT molecular complexity index is 670. The predicted molar refractivity (Wildman–Crippen MR) is 92.1 cm³/mol. The van der Waals surface area contributed by atoms with Gasteiger partial charge in [0.1, 0.15) is 11.9 Å². The second-order valence-corrected chi connectivity index (χ2v) is 7.38. The van der Waals surface area contributed by atoms with Gasteiger partial charge in [0.25, 0.3) is 0 Å². The zero-order valence-electron chi connectivity index (χ0n) is 15.0. The molecular weight excluding hydrogens is 337 g/mol. The molecule has 1 N–H and O–H groups in total. The molecule has 0 saturated heterocycles. The molecule has 3 fully saturated rings. The minimum atomic E-state index is -0.916. The monoisotopic (exact) mass is 361 g/mol. The molecule has 1 atom stereocenters. The molecule has 26 heavy (non-hydrogen) atoms. The number of hydrogen-bond acceptors (Lipinski definition) is 5. The standard InChI is InChI=1S/C19H24FN3O3/c1-2-26-17(25)18-4-7-19(8-5-18,9-6-18)22-13-16(24)23-10-3-14(20)11-15(23)12-21/h3,10-11,15,22H,2,4-9,13H2,1H3/t15-,18?,19?/m0/s1. The third-order valence-electron chi connectivity index (χ3n) is 6.00. The lowest BCUT2D eigenvalue weighted by molar-refractivity contribution is -0.163. The second kappa shape index (κ2) is 7.20. The SMILES string of the molecule is CCOC(=O)C12CCC(NCC(=O)N3C=CC(F)=C[C@H]3C#N)(CC1)CC2. The summed E-state index contributed by atoms with van der Waals surface area (Å²) < 4.78 is 18.5. The van der Waals surface area contributed by atoms with Crippen LogP contribution in [0.1, 0.15) is 45.4 Å². The van der Waals surface area contributed by atoms with Crippen LogP contribution < -0.4 is 5.32 Å². The van der Waals surface area contributed by atoms with Gasteiger partial charge in [0.2, 0.25) is 5.91 Å². The normalized spacial score (nSPS) is 32.7. The van der Waals surface area contributed by atoms with Crippen molar-refractivity contribution in [2.45, 2.75) is 57.0 Å². The van der Waals surface area contributed by atoms with Gasteiger partial charge < -0.3 is 10.1 Å². The van der Waals surface area contributed by atoms with Gasteiger partial charge in [-0.15, -0.1) is 0 Å². The lowest BCUT2D eigenvalue weighted by Gasteiger charge is -2.52. The quantitative estimate of drug-likeness (QED) is 0.760.